The summed E-state index contributed by atoms with van der Waals surface area (Å²) in [6.45, 7) is 2.72. The van der Waals surface area contributed by atoms with Gasteiger partial charge in [0.05, 0.1) is 21.4 Å². The van der Waals surface area contributed by atoms with Crippen molar-refractivity contribution in [2.75, 3.05) is 11.1 Å². The van der Waals surface area contributed by atoms with E-state index in [0.717, 1.165) is 12.1 Å². The van der Waals surface area contributed by atoms with Gasteiger partial charge in [-0.2, -0.15) is 0 Å². The van der Waals surface area contributed by atoms with E-state index in [1.807, 2.05) is 0 Å². The second kappa shape index (κ2) is 8.85. The number of nitrogens with one attached hydrogen (secondary N) is 1. The normalized spacial score (nSPS) is 12.7. The second-order valence-corrected chi connectivity index (χ2v) is 8.31. The number of carbonyl (C=O) groups excluding carboxylic acids is 1. The molecule has 148 valence electrons. The molecule has 0 atom stereocenters. The van der Waals surface area contributed by atoms with Crippen molar-refractivity contribution in [3.05, 3.63) is 58.9 Å². The van der Waals surface area contributed by atoms with Crippen molar-refractivity contribution in [1.29, 1.82) is 0 Å². The average Bonchev–Trinajstić information content (AvgIpc) is 2.64. The molecule has 2 aromatic rings. The van der Waals surface area contributed by atoms with Crippen LogP contribution < -0.4 is 5.32 Å². The highest BCUT2D eigenvalue weighted by Gasteiger charge is 2.17. The van der Waals surface area contributed by atoms with Gasteiger partial charge in [-0.05, 0) is 37.3 Å². The summed E-state index contributed by atoms with van der Waals surface area (Å²) in [4.78, 5) is 12.3. The Labute approximate surface area is 167 Å². The van der Waals surface area contributed by atoms with Crippen molar-refractivity contribution in [2.24, 2.45) is 10.2 Å². The van der Waals surface area contributed by atoms with Crippen LogP contribution >= 0.6 is 11.6 Å². The average molecular weight is 424 g/mol. The molecule has 3 N–H and O–H groups in total. The molecule has 0 spiro atoms. The number of benzene rings is 2. The molecule has 2 aromatic carbocycles. The summed E-state index contributed by atoms with van der Waals surface area (Å²) in [5.74, 6) is -1.67. The number of para-hydroxylation sites is 1. The second-order valence-electron chi connectivity index (χ2n) is 5.62. The molecule has 0 saturated heterocycles. The maximum Gasteiger partial charge on any atom is 0.279 e. The highest BCUT2D eigenvalue weighted by Crippen LogP contribution is 2.30. The Morgan fingerprint density at radius 1 is 1.21 bits per heavy atom. The third-order valence-electron chi connectivity index (χ3n) is 3.62. The lowest BCUT2D eigenvalue weighted by Crippen LogP contribution is -2.14. The summed E-state index contributed by atoms with van der Waals surface area (Å²) >= 11 is 5.98. The Morgan fingerprint density at radius 2 is 1.89 bits per heavy atom. The van der Waals surface area contributed by atoms with Crippen LogP contribution in [0.3, 0.4) is 0 Å². The minimum absolute atomic E-state index is 0.0477. The number of aliphatic hydroxyl groups excluding tert-OH is 1. The summed E-state index contributed by atoms with van der Waals surface area (Å²) in [6.07, 6.45) is 0. The summed E-state index contributed by atoms with van der Waals surface area (Å²) in [5.41, 5.74) is -0.288. The smallest absolute Gasteiger partial charge is 0.279 e. The third kappa shape index (κ3) is 5.08. The van der Waals surface area contributed by atoms with Crippen LogP contribution in [0.4, 0.5) is 11.4 Å². The SMILES string of the molecule is CCS(=O)(=O)c1ccc(O)c(N=N/C(C(=O)Nc2ccccc2Cl)=C(/C)O)c1. The van der Waals surface area contributed by atoms with Crippen molar-refractivity contribution in [3.8, 4) is 5.75 Å². The van der Waals surface area contributed by atoms with E-state index in [0.29, 0.717) is 5.69 Å². The van der Waals surface area contributed by atoms with Gasteiger partial charge in [0.2, 0.25) is 0 Å². The zero-order valence-corrected chi connectivity index (χ0v) is 16.6. The first-order chi connectivity index (χ1) is 13.2. The van der Waals surface area contributed by atoms with Gasteiger partial charge >= 0.3 is 0 Å². The van der Waals surface area contributed by atoms with Crippen molar-refractivity contribution in [3.63, 3.8) is 0 Å². The number of hydrogen-bond acceptors (Lipinski definition) is 7. The lowest BCUT2D eigenvalue weighted by molar-refractivity contribution is -0.113. The standard InChI is InChI=1S/C18H18ClN3O5S/c1-3-28(26,27)12-8-9-16(24)15(10-12)21-22-17(11(2)23)18(25)20-14-7-5-4-6-13(14)19/h4-10,23-24H,3H2,1-2H3,(H,20,25)/b17-11-,22-21?. The largest absolute Gasteiger partial charge is 0.510 e. The number of allylic oxidation sites excluding steroid dienone is 1. The molecular formula is C18H18ClN3O5S. The zero-order valence-electron chi connectivity index (χ0n) is 15.0. The van der Waals surface area contributed by atoms with Gasteiger partial charge in [-0.1, -0.05) is 30.7 Å². The highest BCUT2D eigenvalue weighted by molar-refractivity contribution is 7.91. The summed E-state index contributed by atoms with van der Waals surface area (Å²) in [5, 5.41) is 29.8. The van der Waals surface area contributed by atoms with Crippen LogP contribution in [0, 0.1) is 0 Å². The first-order valence-electron chi connectivity index (χ1n) is 8.09. The van der Waals surface area contributed by atoms with E-state index in [1.165, 1.54) is 19.9 Å². The molecule has 0 bridgehead atoms. The van der Waals surface area contributed by atoms with Gasteiger partial charge in [-0.3, -0.25) is 4.79 Å². The number of aromatic hydroxyl groups is 1. The number of sulfone groups is 1. The van der Waals surface area contributed by atoms with Crippen molar-refractivity contribution < 1.29 is 23.4 Å². The van der Waals surface area contributed by atoms with Crippen molar-refractivity contribution in [2.45, 2.75) is 18.7 Å². The van der Waals surface area contributed by atoms with Crippen molar-refractivity contribution >= 4 is 38.7 Å². The number of amides is 1. The number of phenols is 1. The Bertz CT molecular complexity index is 1060. The number of halogens is 1. The van der Waals surface area contributed by atoms with Crippen LogP contribution in [-0.4, -0.2) is 30.3 Å². The van der Waals surface area contributed by atoms with Crippen LogP contribution in [0.1, 0.15) is 13.8 Å². The number of carbonyl (C=O) groups is 1. The Morgan fingerprint density at radius 3 is 2.50 bits per heavy atom. The fourth-order valence-electron chi connectivity index (χ4n) is 2.07. The molecular weight excluding hydrogens is 406 g/mol. The molecule has 0 aliphatic rings. The maximum absolute atomic E-state index is 12.4. The summed E-state index contributed by atoms with van der Waals surface area (Å²) < 4.78 is 23.9. The van der Waals surface area contributed by atoms with Gasteiger partial charge in [-0.25, -0.2) is 8.42 Å². The van der Waals surface area contributed by atoms with Gasteiger partial charge in [0, 0.05) is 0 Å². The van der Waals surface area contributed by atoms with Crippen LogP contribution in [0.2, 0.25) is 5.02 Å². The predicted octanol–water partition coefficient (Wildman–Crippen LogP) is 4.35. The molecule has 0 radical (unpaired) electrons. The molecule has 0 unspecified atom stereocenters. The van der Waals surface area contributed by atoms with E-state index >= 15 is 0 Å². The molecule has 0 fully saturated rings. The molecule has 28 heavy (non-hydrogen) atoms. The summed E-state index contributed by atoms with van der Waals surface area (Å²) in [7, 11) is -3.52. The van der Waals surface area contributed by atoms with Crippen molar-refractivity contribution in [1.82, 2.24) is 0 Å². The topological polar surface area (TPSA) is 128 Å². The molecule has 10 heteroatoms. The number of phenolic OH excluding ortho intramolecular Hbond substituents is 1. The predicted molar refractivity (Wildman–Crippen MR) is 106 cm³/mol. The van der Waals surface area contributed by atoms with Crippen LogP contribution in [0.15, 0.2) is 69.0 Å². The number of aliphatic hydroxyl groups is 1. The number of hydrogen-bond donors (Lipinski definition) is 3. The Kier molecular flexibility index (Phi) is 6.76. The monoisotopic (exact) mass is 423 g/mol. The fraction of sp³-hybridized carbons (Fsp3) is 0.167. The van der Waals surface area contributed by atoms with Gasteiger partial charge in [0.25, 0.3) is 5.91 Å². The summed E-state index contributed by atoms with van der Waals surface area (Å²) in [6, 6.07) is 10.0. The first kappa shape index (κ1) is 21.4. The quantitative estimate of drug-likeness (QED) is 0.361. The zero-order chi connectivity index (χ0) is 20.9. The molecule has 1 amide bonds. The Balaban J connectivity index is 2.34. The number of anilines is 1. The van der Waals surface area contributed by atoms with E-state index in [9.17, 15) is 23.4 Å². The lowest BCUT2D eigenvalue weighted by atomic mass is 10.3. The maximum atomic E-state index is 12.4. The number of azo groups is 1. The van der Waals surface area contributed by atoms with E-state index in [4.69, 9.17) is 11.6 Å². The molecule has 0 aliphatic carbocycles. The molecule has 8 nitrogen and oxygen atoms in total. The first-order valence-corrected chi connectivity index (χ1v) is 10.1. The van der Waals surface area contributed by atoms with Crippen LogP contribution in [0.25, 0.3) is 0 Å². The van der Waals surface area contributed by atoms with Gasteiger partial charge in [-0.15, -0.1) is 10.2 Å². The molecule has 0 aliphatic heterocycles. The highest BCUT2D eigenvalue weighted by atomic mass is 35.5. The molecule has 0 heterocycles. The molecule has 2 rings (SSSR count). The van der Waals surface area contributed by atoms with Crippen LogP contribution in [0.5, 0.6) is 5.75 Å². The van der Waals surface area contributed by atoms with E-state index < -0.39 is 27.2 Å². The minimum Gasteiger partial charge on any atom is -0.510 e. The molecule has 0 saturated carbocycles. The van der Waals surface area contributed by atoms with Gasteiger partial charge in [0.15, 0.2) is 15.5 Å². The Hall–Kier alpha value is -2.91. The van der Waals surface area contributed by atoms with E-state index in [2.05, 4.69) is 15.5 Å². The van der Waals surface area contributed by atoms with Gasteiger partial charge < -0.3 is 15.5 Å². The number of rotatable bonds is 6. The van der Waals surface area contributed by atoms with Gasteiger partial charge in [0.1, 0.15) is 17.2 Å². The van der Waals surface area contributed by atoms with E-state index in [-0.39, 0.29) is 27.1 Å². The number of nitrogens with zero attached hydrogens (tertiary/aromatic N) is 2. The minimum atomic E-state index is -3.52. The van der Waals surface area contributed by atoms with E-state index in [1.54, 1.807) is 24.3 Å². The fourth-order valence-corrected chi connectivity index (χ4v) is 3.16. The lowest BCUT2D eigenvalue weighted by Gasteiger charge is -2.08. The third-order valence-corrected chi connectivity index (χ3v) is 5.69. The molecule has 0 aromatic heterocycles. The van der Waals surface area contributed by atoms with Crippen LogP contribution in [-0.2, 0) is 14.6 Å².